The Morgan fingerprint density at radius 1 is 1.35 bits per heavy atom. The van der Waals surface area contributed by atoms with Crippen LogP contribution in [0.1, 0.15) is 18.9 Å². The van der Waals surface area contributed by atoms with Crippen LogP contribution in [0.2, 0.25) is 0 Å². The largest absolute Gasteiger partial charge is 0.480 e. The van der Waals surface area contributed by atoms with Crippen molar-refractivity contribution in [1.29, 1.82) is 0 Å². The molecule has 0 saturated heterocycles. The van der Waals surface area contributed by atoms with Crippen molar-refractivity contribution >= 4 is 37.4 Å². The third kappa shape index (κ3) is 2.99. The van der Waals surface area contributed by atoms with Crippen LogP contribution in [0.4, 0.5) is 0 Å². The van der Waals surface area contributed by atoms with E-state index in [1.165, 1.54) is 11.3 Å². The average molecular weight is 313 g/mol. The van der Waals surface area contributed by atoms with Gasteiger partial charge in [0.05, 0.1) is 10.2 Å². The molecule has 0 amide bonds. The molecular weight excluding hydrogens is 298 g/mol. The molecule has 2 aromatic rings. The Morgan fingerprint density at radius 2 is 2.00 bits per heavy atom. The van der Waals surface area contributed by atoms with Gasteiger partial charge in [0.25, 0.3) is 0 Å². The lowest BCUT2D eigenvalue weighted by Gasteiger charge is -2.15. The molecule has 2 rings (SSSR count). The highest BCUT2D eigenvalue weighted by Gasteiger charge is 2.36. The summed E-state index contributed by atoms with van der Waals surface area (Å²) in [4.78, 5) is 15.4. The zero-order chi connectivity index (χ0) is 14.9. The SMILES string of the molecule is CC(C)C(C(=O)O)S(=O)(=O)Cc1nc2ccccc2s1. The molecular formula is C13H15NO4S2. The summed E-state index contributed by atoms with van der Waals surface area (Å²) in [5.74, 6) is -2.12. The van der Waals surface area contributed by atoms with Crippen LogP contribution in [0.3, 0.4) is 0 Å². The fraction of sp³-hybridized carbons (Fsp3) is 0.385. The molecule has 0 bridgehead atoms. The van der Waals surface area contributed by atoms with Crippen LogP contribution in [0.15, 0.2) is 24.3 Å². The first-order valence-electron chi connectivity index (χ1n) is 6.10. The molecule has 20 heavy (non-hydrogen) atoms. The van der Waals surface area contributed by atoms with Crippen LogP contribution < -0.4 is 0 Å². The fourth-order valence-corrected chi connectivity index (χ4v) is 5.31. The number of thiazole rings is 1. The van der Waals surface area contributed by atoms with E-state index in [9.17, 15) is 13.2 Å². The van der Waals surface area contributed by atoms with Gasteiger partial charge in [-0.2, -0.15) is 0 Å². The van der Waals surface area contributed by atoms with E-state index in [0.717, 1.165) is 10.2 Å². The number of carboxylic acids is 1. The molecule has 0 spiro atoms. The van der Waals surface area contributed by atoms with Crippen molar-refractivity contribution in [3.05, 3.63) is 29.3 Å². The monoisotopic (exact) mass is 313 g/mol. The number of carbonyl (C=O) groups is 1. The summed E-state index contributed by atoms with van der Waals surface area (Å²) in [6.07, 6.45) is 0. The molecule has 0 aliphatic heterocycles. The Balaban J connectivity index is 2.34. The van der Waals surface area contributed by atoms with E-state index in [4.69, 9.17) is 5.11 Å². The summed E-state index contributed by atoms with van der Waals surface area (Å²) in [5.41, 5.74) is 0.735. The van der Waals surface area contributed by atoms with E-state index in [2.05, 4.69) is 4.98 Å². The molecule has 0 aliphatic carbocycles. The third-order valence-corrected chi connectivity index (χ3v) is 6.31. The zero-order valence-corrected chi connectivity index (χ0v) is 12.7. The van der Waals surface area contributed by atoms with Crippen molar-refractivity contribution in [2.45, 2.75) is 24.9 Å². The fourth-order valence-electron chi connectivity index (χ4n) is 2.10. The second kappa shape index (κ2) is 5.49. The standard InChI is InChI=1S/C13H15NO4S2/c1-8(2)12(13(15)16)20(17,18)7-11-14-9-5-3-4-6-10(9)19-11/h3-6,8,12H,7H2,1-2H3,(H,15,16). The van der Waals surface area contributed by atoms with Gasteiger partial charge < -0.3 is 5.11 Å². The van der Waals surface area contributed by atoms with Gasteiger partial charge >= 0.3 is 5.97 Å². The van der Waals surface area contributed by atoms with Gasteiger partial charge in [-0.15, -0.1) is 11.3 Å². The molecule has 0 radical (unpaired) electrons. The lowest BCUT2D eigenvalue weighted by Crippen LogP contribution is -2.35. The highest BCUT2D eigenvalue weighted by molar-refractivity contribution is 7.92. The van der Waals surface area contributed by atoms with Crippen molar-refractivity contribution < 1.29 is 18.3 Å². The predicted molar refractivity (Wildman–Crippen MR) is 78.5 cm³/mol. The number of fused-ring (bicyclic) bond motifs is 1. The van der Waals surface area contributed by atoms with E-state index >= 15 is 0 Å². The number of aromatic nitrogens is 1. The van der Waals surface area contributed by atoms with Crippen molar-refractivity contribution in [1.82, 2.24) is 4.98 Å². The van der Waals surface area contributed by atoms with Gasteiger partial charge in [-0.1, -0.05) is 26.0 Å². The Kier molecular flexibility index (Phi) is 4.10. The summed E-state index contributed by atoms with van der Waals surface area (Å²) < 4.78 is 25.4. The predicted octanol–water partition coefficient (Wildman–Crippen LogP) is 2.32. The van der Waals surface area contributed by atoms with E-state index in [-0.39, 0.29) is 5.75 Å². The molecule has 7 heteroatoms. The Bertz CT molecular complexity index is 701. The molecule has 0 aliphatic rings. The minimum atomic E-state index is -3.77. The molecule has 5 nitrogen and oxygen atoms in total. The third-order valence-electron chi connectivity index (χ3n) is 2.90. The topological polar surface area (TPSA) is 84.3 Å². The first-order chi connectivity index (χ1) is 9.31. The van der Waals surface area contributed by atoms with Crippen LogP contribution in [-0.4, -0.2) is 29.7 Å². The number of hydrogen-bond acceptors (Lipinski definition) is 5. The minimum Gasteiger partial charge on any atom is -0.480 e. The van der Waals surface area contributed by atoms with Crippen LogP contribution in [0.5, 0.6) is 0 Å². The van der Waals surface area contributed by atoms with Crippen molar-refractivity contribution in [2.75, 3.05) is 0 Å². The number of aliphatic carboxylic acids is 1. The van der Waals surface area contributed by atoms with E-state index < -0.39 is 27.0 Å². The number of carboxylic acid groups (broad SMARTS) is 1. The first-order valence-corrected chi connectivity index (χ1v) is 8.63. The number of rotatable bonds is 5. The number of para-hydroxylation sites is 1. The van der Waals surface area contributed by atoms with Gasteiger partial charge in [0.2, 0.25) is 0 Å². The van der Waals surface area contributed by atoms with Crippen LogP contribution in [-0.2, 0) is 20.4 Å². The summed E-state index contributed by atoms with van der Waals surface area (Å²) in [6, 6.07) is 7.35. The molecule has 1 aromatic carbocycles. The lowest BCUT2D eigenvalue weighted by molar-refractivity contribution is -0.137. The number of nitrogens with zero attached hydrogens (tertiary/aromatic N) is 1. The van der Waals surface area contributed by atoms with Gasteiger partial charge in [0, 0.05) is 0 Å². The smallest absolute Gasteiger partial charge is 0.322 e. The molecule has 1 N–H and O–H groups in total. The van der Waals surface area contributed by atoms with Crippen LogP contribution in [0.25, 0.3) is 10.2 Å². The maximum Gasteiger partial charge on any atom is 0.322 e. The van der Waals surface area contributed by atoms with Crippen LogP contribution >= 0.6 is 11.3 Å². The van der Waals surface area contributed by atoms with Gasteiger partial charge in [-0.05, 0) is 18.1 Å². The van der Waals surface area contributed by atoms with Crippen molar-refractivity contribution in [3.8, 4) is 0 Å². The highest BCUT2D eigenvalue weighted by Crippen LogP contribution is 2.25. The van der Waals surface area contributed by atoms with Crippen LogP contribution in [0, 0.1) is 5.92 Å². The maximum absolute atomic E-state index is 12.2. The molecule has 1 aromatic heterocycles. The van der Waals surface area contributed by atoms with E-state index in [0.29, 0.717) is 5.01 Å². The second-order valence-corrected chi connectivity index (χ2v) is 8.12. The summed E-state index contributed by atoms with van der Waals surface area (Å²) in [5, 5.41) is 8.14. The van der Waals surface area contributed by atoms with E-state index in [1.807, 2.05) is 18.2 Å². The average Bonchev–Trinajstić information content (AvgIpc) is 2.67. The number of sulfone groups is 1. The van der Waals surface area contributed by atoms with Crippen molar-refractivity contribution in [2.24, 2.45) is 5.92 Å². The molecule has 1 heterocycles. The second-order valence-electron chi connectivity index (χ2n) is 4.89. The van der Waals surface area contributed by atoms with Gasteiger partial charge in [0.15, 0.2) is 15.1 Å². The molecule has 0 saturated carbocycles. The quantitative estimate of drug-likeness (QED) is 0.915. The highest BCUT2D eigenvalue weighted by atomic mass is 32.2. The molecule has 1 atom stereocenters. The maximum atomic E-state index is 12.2. The van der Waals surface area contributed by atoms with Crippen molar-refractivity contribution in [3.63, 3.8) is 0 Å². The Morgan fingerprint density at radius 3 is 2.55 bits per heavy atom. The Hall–Kier alpha value is -1.47. The first kappa shape index (κ1) is 14.9. The van der Waals surface area contributed by atoms with E-state index in [1.54, 1.807) is 19.9 Å². The van der Waals surface area contributed by atoms with Gasteiger partial charge in [-0.25, -0.2) is 13.4 Å². The minimum absolute atomic E-state index is 0.332. The van der Waals surface area contributed by atoms with Gasteiger partial charge in [0.1, 0.15) is 10.8 Å². The summed E-state index contributed by atoms with van der Waals surface area (Å²) >= 11 is 1.28. The number of benzene rings is 1. The molecule has 108 valence electrons. The molecule has 0 fully saturated rings. The lowest BCUT2D eigenvalue weighted by atomic mass is 10.1. The zero-order valence-electron chi connectivity index (χ0n) is 11.1. The Labute approximate surface area is 121 Å². The summed E-state index contributed by atoms with van der Waals surface area (Å²) in [6.45, 7) is 3.18. The molecule has 1 unspecified atom stereocenters. The normalized spacial score (nSPS) is 13.8. The van der Waals surface area contributed by atoms with Gasteiger partial charge in [-0.3, -0.25) is 4.79 Å². The summed E-state index contributed by atoms with van der Waals surface area (Å²) in [7, 11) is -3.77. The number of hydrogen-bond donors (Lipinski definition) is 1.